The van der Waals surface area contributed by atoms with Crippen molar-refractivity contribution in [1.29, 1.82) is 0 Å². The van der Waals surface area contributed by atoms with E-state index in [2.05, 4.69) is 47.7 Å². The molecule has 21 heavy (non-hydrogen) atoms. The molecule has 1 aliphatic carbocycles. The lowest BCUT2D eigenvalue weighted by Crippen LogP contribution is -2.49. The molecule has 0 radical (unpaired) electrons. The van der Waals surface area contributed by atoms with E-state index in [1.165, 1.54) is 17.5 Å². The maximum absolute atomic E-state index is 5.96. The van der Waals surface area contributed by atoms with E-state index >= 15 is 0 Å². The zero-order chi connectivity index (χ0) is 14.9. The number of nitrogens with one attached hydrogen (secondary N) is 2. The molecule has 2 aliphatic rings. The Bertz CT molecular complexity index is 597. The third-order valence-electron chi connectivity index (χ3n) is 4.32. The van der Waals surface area contributed by atoms with Crippen LogP contribution < -0.4 is 16.4 Å². The van der Waals surface area contributed by atoms with Crippen LogP contribution in [0.25, 0.3) is 0 Å². The third kappa shape index (κ3) is 3.01. The van der Waals surface area contributed by atoms with Gasteiger partial charge in [0.2, 0.25) is 5.96 Å². The second-order valence-corrected chi connectivity index (χ2v) is 6.05. The molecule has 0 bridgehead atoms. The number of aliphatic imine (C=N–C) groups is 2. The molecule has 5 heteroatoms. The number of benzene rings is 1. The van der Waals surface area contributed by atoms with Gasteiger partial charge in [0.05, 0.1) is 0 Å². The van der Waals surface area contributed by atoms with E-state index in [0.29, 0.717) is 11.9 Å². The van der Waals surface area contributed by atoms with E-state index in [4.69, 9.17) is 10.7 Å². The van der Waals surface area contributed by atoms with Gasteiger partial charge < -0.3 is 11.1 Å². The molecule has 112 valence electrons. The van der Waals surface area contributed by atoms with Gasteiger partial charge in [-0.1, -0.05) is 12.5 Å². The van der Waals surface area contributed by atoms with Gasteiger partial charge in [-0.3, -0.25) is 5.32 Å². The average molecular weight is 285 g/mol. The van der Waals surface area contributed by atoms with Gasteiger partial charge in [-0.25, -0.2) is 9.98 Å². The normalized spacial score (nSPS) is 20.5. The highest BCUT2D eigenvalue weighted by molar-refractivity contribution is 6.06. The Balaban J connectivity index is 1.82. The van der Waals surface area contributed by atoms with Crippen molar-refractivity contribution in [3.63, 3.8) is 0 Å². The van der Waals surface area contributed by atoms with Crippen LogP contribution in [0.2, 0.25) is 0 Å². The van der Waals surface area contributed by atoms with Crippen LogP contribution in [0.5, 0.6) is 0 Å². The van der Waals surface area contributed by atoms with Crippen LogP contribution in [-0.2, 0) is 0 Å². The van der Waals surface area contributed by atoms with Crippen molar-refractivity contribution >= 4 is 17.6 Å². The SMILES string of the molecule is Cc1ccc(NC2=NC3(CCCCC3)N=C(N)N2)cc1C. The first-order valence-electron chi connectivity index (χ1n) is 7.63. The van der Waals surface area contributed by atoms with Crippen molar-refractivity contribution in [2.75, 3.05) is 5.32 Å². The van der Waals surface area contributed by atoms with Gasteiger partial charge >= 0.3 is 0 Å². The molecule has 0 aromatic heterocycles. The summed E-state index contributed by atoms with van der Waals surface area (Å²) >= 11 is 0. The number of hydrogen-bond acceptors (Lipinski definition) is 5. The number of rotatable bonds is 1. The van der Waals surface area contributed by atoms with E-state index in [-0.39, 0.29) is 5.66 Å². The minimum absolute atomic E-state index is 0.352. The predicted octanol–water partition coefficient (Wildman–Crippen LogP) is 2.65. The summed E-state index contributed by atoms with van der Waals surface area (Å²) in [5, 5.41) is 6.37. The van der Waals surface area contributed by atoms with Crippen molar-refractivity contribution in [3.05, 3.63) is 29.3 Å². The quantitative estimate of drug-likeness (QED) is 0.742. The molecular weight excluding hydrogens is 262 g/mol. The van der Waals surface area contributed by atoms with Gasteiger partial charge in [0.15, 0.2) is 11.6 Å². The average Bonchev–Trinajstić information content (AvgIpc) is 2.43. The first-order chi connectivity index (χ1) is 10.1. The Hall–Kier alpha value is -2.04. The number of nitrogens with two attached hydrogens (primary N) is 1. The van der Waals surface area contributed by atoms with Gasteiger partial charge in [0.25, 0.3) is 0 Å². The van der Waals surface area contributed by atoms with Gasteiger partial charge in [-0.2, -0.15) is 0 Å². The summed E-state index contributed by atoms with van der Waals surface area (Å²) in [6.45, 7) is 4.21. The number of nitrogens with zero attached hydrogens (tertiary/aromatic N) is 2. The number of aryl methyl sites for hydroxylation is 2. The zero-order valence-electron chi connectivity index (χ0n) is 12.7. The number of anilines is 1. The fraction of sp³-hybridized carbons (Fsp3) is 0.500. The predicted molar refractivity (Wildman–Crippen MR) is 87.5 cm³/mol. The maximum Gasteiger partial charge on any atom is 0.205 e. The van der Waals surface area contributed by atoms with Crippen LogP contribution in [0, 0.1) is 13.8 Å². The van der Waals surface area contributed by atoms with E-state index < -0.39 is 0 Å². The van der Waals surface area contributed by atoms with E-state index in [1.54, 1.807) is 0 Å². The molecule has 1 aliphatic heterocycles. The number of guanidine groups is 2. The summed E-state index contributed by atoms with van der Waals surface area (Å²) in [7, 11) is 0. The largest absolute Gasteiger partial charge is 0.370 e. The summed E-state index contributed by atoms with van der Waals surface area (Å²) in [6.07, 6.45) is 5.55. The highest BCUT2D eigenvalue weighted by atomic mass is 15.3. The summed E-state index contributed by atoms with van der Waals surface area (Å²) < 4.78 is 0. The zero-order valence-corrected chi connectivity index (χ0v) is 12.7. The van der Waals surface area contributed by atoms with Crippen molar-refractivity contribution in [3.8, 4) is 0 Å². The van der Waals surface area contributed by atoms with Crippen molar-refractivity contribution in [1.82, 2.24) is 5.32 Å². The second-order valence-electron chi connectivity index (χ2n) is 6.05. The summed E-state index contributed by atoms with van der Waals surface area (Å²) in [5.41, 5.74) is 9.16. The maximum atomic E-state index is 5.96. The second kappa shape index (κ2) is 5.39. The molecule has 0 unspecified atom stereocenters. The topological polar surface area (TPSA) is 74.8 Å². The van der Waals surface area contributed by atoms with Gasteiger partial charge in [0.1, 0.15) is 0 Å². The molecule has 1 spiro atoms. The van der Waals surface area contributed by atoms with E-state index in [1.807, 2.05) is 0 Å². The fourth-order valence-corrected chi connectivity index (χ4v) is 2.99. The van der Waals surface area contributed by atoms with Crippen molar-refractivity contribution in [2.24, 2.45) is 15.7 Å². The minimum Gasteiger partial charge on any atom is -0.370 e. The first-order valence-corrected chi connectivity index (χ1v) is 7.63. The van der Waals surface area contributed by atoms with Gasteiger partial charge in [-0.15, -0.1) is 0 Å². The molecule has 0 atom stereocenters. The molecule has 3 rings (SSSR count). The Morgan fingerprint density at radius 1 is 1.10 bits per heavy atom. The smallest absolute Gasteiger partial charge is 0.205 e. The molecule has 1 heterocycles. The molecule has 1 saturated carbocycles. The van der Waals surface area contributed by atoms with Crippen LogP contribution >= 0.6 is 0 Å². The van der Waals surface area contributed by atoms with Crippen LogP contribution in [0.15, 0.2) is 28.2 Å². The molecule has 1 aromatic carbocycles. The third-order valence-corrected chi connectivity index (χ3v) is 4.32. The van der Waals surface area contributed by atoms with E-state index in [9.17, 15) is 0 Å². The monoisotopic (exact) mass is 285 g/mol. The van der Waals surface area contributed by atoms with Crippen LogP contribution in [-0.4, -0.2) is 17.6 Å². The van der Waals surface area contributed by atoms with Gasteiger partial charge in [-0.05, 0) is 62.8 Å². The highest BCUT2D eigenvalue weighted by Crippen LogP contribution is 2.34. The lowest BCUT2D eigenvalue weighted by Gasteiger charge is -2.34. The van der Waals surface area contributed by atoms with Crippen LogP contribution in [0.3, 0.4) is 0 Å². The number of hydrogen-bond donors (Lipinski definition) is 3. The Morgan fingerprint density at radius 2 is 1.86 bits per heavy atom. The first kappa shape index (κ1) is 13.9. The molecular formula is C16H23N5. The Kier molecular flexibility index (Phi) is 3.57. The van der Waals surface area contributed by atoms with Crippen LogP contribution in [0.1, 0.15) is 43.2 Å². The Morgan fingerprint density at radius 3 is 2.57 bits per heavy atom. The summed E-state index contributed by atoms with van der Waals surface area (Å²) in [4.78, 5) is 9.35. The minimum atomic E-state index is -0.352. The molecule has 1 aromatic rings. The molecule has 4 N–H and O–H groups in total. The molecule has 5 nitrogen and oxygen atoms in total. The van der Waals surface area contributed by atoms with Gasteiger partial charge in [0, 0.05) is 5.69 Å². The lowest BCUT2D eigenvalue weighted by atomic mass is 9.90. The molecule has 1 fully saturated rings. The Labute approximate surface area is 125 Å². The lowest BCUT2D eigenvalue weighted by molar-refractivity contribution is 0.307. The summed E-state index contributed by atoms with van der Waals surface area (Å²) in [6, 6.07) is 6.28. The summed E-state index contributed by atoms with van der Waals surface area (Å²) in [5.74, 6) is 1.16. The van der Waals surface area contributed by atoms with Crippen molar-refractivity contribution < 1.29 is 0 Å². The standard InChI is InChI=1S/C16H23N5/c1-11-6-7-13(10-12(11)2)18-15-19-14(17)20-16(21-15)8-4-3-5-9-16/h6-7,10H,3-5,8-9H2,1-2H3,(H4,17,18,19,20,21). The fourth-order valence-electron chi connectivity index (χ4n) is 2.99. The van der Waals surface area contributed by atoms with Crippen molar-refractivity contribution in [2.45, 2.75) is 51.6 Å². The van der Waals surface area contributed by atoms with E-state index in [0.717, 1.165) is 31.4 Å². The van der Waals surface area contributed by atoms with Crippen LogP contribution in [0.4, 0.5) is 5.69 Å². The molecule has 0 saturated heterocycles. The highest BCUT2D eigenvalue weighted by Gasteiger charge is 2.34. The molecule has 0 amide bonds.